The van der Waals surface area contributed by atoms with Crippen molar-refractivity contribution in [1.82, 2.24) is 9.97 Å². The number of rotatable bonds is 4. The minimum Gasteiger partial charge on any atom is -0.341 e. The lowest BCUT2D eigenvalue weighted by molar-refractivity contribution is 0.102. The van der Waals surface area contributed by atoms with Crippen LogP contribution in [0.25, 0.3) is 0 Å². The molecule has 3 rings (SSSR count). The molecule has 0 atom stereocenters. The lowest BCUT2D eigenvalue weighted by Crippen LogP contribution is -2.22. The summed E-state index contributed by atoms with van der Waals surface area (Å²) in [7, 11) is 0. The summed E-state index contributed by atoms with van der Waals surface area (Å²) in [6.45, 7) is 7.96. The van der Waals surface area contributed by atoms with E-state index in [1.54, 1.807) is 0 Å². The van der Waals surface area contributed by atoms with Gasteiger partial charge in [0.25, 0.3) is 5.91 Å². The summed E-state index contributed by atoms with van der Waals surface area (Å²) < 4.78 is 0. The van der Waals surface area contributed by atoms with Crippen molar-refractivity contribution in [2.45, 2.75) is 40.0 Å². The summed E-state index contributed by atoms with van der Waals surface area (Å²) in [5, 5.41) is 2.97. The molecule has 1 N–H and O–H groups in total. The van der Waals surface area contributed by atoms with Crippen LogP contribution in [0.4, 0.5) is 11.6 Å². The molecule has 126 valence electrons. The van der Waals surface area contributed by atoms with Gasteiger partial charge in [-0.05, 0) is 50.8 Å². The highest BCUT2D eigenvalue weighted by Crippen LogP contribution is 2.23. The molecule has 0 spiro atoms. The van der Waals surface area contributed by atoms with E-state index in [0.717, 1.165) is 36.8 Å². The zero-order valence-corrected chi connectivity index (χ0v) is 14.6. The number of aryl methyl sites for hydroxylation is 3. The van der Waals surface area contributed by atoms with E-state index >= 15 is 0 Å². The molecule has 0 aliphatic carbocycles. The van der Waals surface area contributed by atoms with Gasteiger partial charge in [0, 0.05) is 18.7 Å². The van der Waals surface area contributed by atoms with Crippen molar-refractivity contribution in [2.75, 3.05) is 23.3 Å². The Bertz CT molecular complexity index is 711. The molecule has 2 aromatic rings. The number of hydrogen-bond donors (Lipinski definition) is 1. The standard InChI is InChI=1S/C19H24N4O/c1-4-15-7-9-16(10-8-15)18(24)22-17-13(2)20-19(21-14(17)3)23-11-5-6-12-23/h7-10H,4-6,11-12H2,1-3H3,(H,22,24). The van der Waals surface area contributed by atoms with Gasteiger partial charge < -0.3 is 10.2 Å². The van der Waals surface area contributed by atoms with Crippen LogP contribution in [0.5, 0.6) is 0 Å². The molecular weight excluding hydrogens is 300 g/mol. The van der Waals surface area contributed by atoms with E-state index in [0.29, 0.717) is 11.3 Å². The third kappa shape index (κ3) is 3.40. The number of carbonyl (C=O) groups is 1. The van der Waals surface area contributed by atoms with Crippen LogP contribution in [-0.2, 0) is 6.42 Å². The van der Waals surface area contributed by atoms with Gasteiger partial charge in [-0.2, -0.15) is 0 Å². The minimum absolute atomic E-state index is 0.124. The second-order valence-corrected chi connectivity index (χ2v) is 6.27. The molecule has 0 saturated carbocycles. The monoisotopic (exact) mass is 324 g/mol. The Morgan fingerprint density at radius 2 is 1.67 bits per heavy atom. The maximum absolute atomic E-state index is 12.5. The minimum atomic E-state index is -0.124. The van der Waals surface area contributed by atoms with Crippen molar-refractivity contribution in [1.29, 1.82) is 0 Å². The summed E-state index contributed by atoms with van der Waals surface area (Å²) in [6.07, 6.45) is 3.34. The first-order valence-corrected chi connectivity index (χ1v) is 8.59. The van der Waals surface area contributed by atoms with Crippen LogP contribution >= 0.6 is 0 Å². The van der Waals surface area contributed by atoms with Crippen molar-refractivity contribution < 1.29 is 4.79 Å². The molecule has 0 bridgehead atoms. The summed E-state index contributed by atoms with van der Waals surface area (Å²) >= 11 is 0. The molecule has 0 unspecified atom stereocenters. The van der Waals surface area contributed by atoms with E-state index in [9.17, 15) is 4.79 Å². The van der Waals surface area contributed by atoms with Crippen LogP contribution in [0.3, 0.4) is 0 Å². The predicted molar refractivity (Wildman–Crippen MR) is 96.7 cm³/mol. The lowest BCUT2D eigenvalue weighted by atomic mass is 10.1. The Labute approximate surface area is 143 Å². The molecule has 2 heterocycles. The molecule has 1 aliphatic rings. The van der Waals surface area contributed by atoms with Crippen LogP contribution in [0.1, 0.15) is 47.1 Å². The smallest absolute Gasteiger partial charge is 0.255 e. The second kappa shape index (κ2) is 6.99. The summed E-state index contributed by atoms with van der Waals surface area (Å²) in [5.41, 5.74) is 4.19. The zero-order chi connectivity index (χ0) is 17.1. The van der Waals surface area contributed by atoms with Gasteiger partial charge in [0.1, 0.15) is 0 Å². The summed E-state index contributed by atoms with van der Waals surface area (Å²) in [5.74, 6) is 0.647. The Kier molecular flexibility index (Phi) is 4.79. The predicted octanol–water partition coefficient (Wildman–Crippen LogP) is 3.51. The fourth-order valence-corrected chi connectivity index (χ4v) is 3.02. The average molecular weight is 324 g/mol. The first-order chi connectivity index (χ1) is 11.6. The Morgan fingerprint density at radius 1 is 1.08 bits per heavy atom. The molecule has 1 amide bonds. The van der Waals surface area contributed by atoms with Crippen molar-refractivity contribution >= 4 is 17.5 Å². The van der Waals surface area contributed by atoms with Gasteiger partial charge in [-0.25, -0.2) is 9.97 Å². The van der Waals surface area contributed by atoms with Gasteiger partial charge in [0.15, 0.2) is 0 Å². The van der Waals surface area contributed by atoms with Crippen LogP contribution in [-0.4, -0.2) is 29.0 Å². The molecular formula is C19H24N4O. The van der Waals surface area contributed by atoms with Gasteiger partial charge >= 0.3 is 0 Å². The van der Waals surface area contributed by atoms with Crippen LogP contribution in [0.15, 0.2) is 24.3 Å². The highest BCUT2D eigenvalue weighted by atomic mass is 16.1. The largest absolute Gasteiger partial charge is 0.341 e. The molecule has 1 fully saturated rings. The number of anilines is 2. The number of benzene rings is 1. The third-order valence-corrected chi connectivity index (χ3v) is 4.51. The average Bonchev–Trinajstić information content (AvgIpc) is 3.12. The van der Waals surface area contributed by atoms with E-state index in [1.165, 1.54) is 18.4 Å². The number of amides is 1. The molecule has 1 aromatic carbocycles. The summed E-state index contributed by atoms with van der Waals surface area (Å²) in [4.78, 5) is 23.9. The van der Waals surface area contributed by atoms with E-state index in [-0.39, 0.29) is 5.91 Å². The van der Waals surface area contributed by atoms with Gasteiger partial charge in [-0.15, -0.1) is 0 Å². The van der Waals surface area contributed by atoms with E-state index in [1.807, 2.05) is 38.1 Å². The fraction of sp³-hybridized carbons (Fsp3) is 0.421. The maximum atomic E-state index is 12.5. The topological polar surface area (TPSA) is 58.1 Å². The SMILES string of the molecule is CCc1ccc(C(=O)Nc2c(C)nc(N3CCCC3)nc2C)cc1. The molecule has 5 nitrogen and oxygen atoms in total. The maximum Gasteiger partial charge on any atom is 0.255 e. The Balaban J connectivity index is 1.79. The van der Waals surface area contributed by atoms with Crippen LogP contribution in [0, 0.1) is 13.8 Å². The quantitative estimate of drug-likeness (QED) is 0.935. The highest BCUT2D eigenvalue weighted by Gasteiger charge is 2.18. The van der Waals surface area contributed by atoms with Gasteiger partial charge in [0.2, 0.25) is 5.95 Å². The first kappa shape index (κ1) is 16.4. The van der Waals surface area contributed by atoms with Crippen molar-refractivity contribution in [3.05, 3.63) is 46.8 Å². The van der Waals surface area contributed by atoms with E-state index in [2.05, 4.69) is 27.1 Å². The lowest BCUT2D eigenvalue weighted by Gasteiger charge is -2.18. The van der Waals surface area contributed by atoms with Crippen molar-refractivity contribution in [2.24, 2.45) is 0 Å². The normalized spacial score (nSPS) is 14.0. The number of carbonyl (C=O) groups excluding carboxylic acids is 1. The van der Waals surface area contributed by atoms with Crippen LogP contribution < -0.4 is 10.2 Å². The fourth-order valence-electron chi connectivity index (χ4n) is 3.02. The zero-order valence-electron chi connectivity index (χ0n) is 14.6. The summed E-state index contributed by atoms with van der Waals surface area (Å²) in [6, 6.07) is 7.69. The Hall–Kier alpha value is -2.43. The molecule has 1 aromatic heterocycles. The second-order valence-electron chi connectivity index (χ2n) is 6.27. The molecule has 24 heavy (non-hydrogen) atoms. The number of nitrogens with zero attached hydrogens (tertiary/aromatic N) is 3. The molecule has 1 saturated heterocycles. The van der Waals surface area contributed by atoms with Crippen molar-refractivity contribution in [3.63, 3.8) is 0 Å². The number of aromatic nitrogens is 2. The Morgan fingerprint density at radius 3 is 2.21 bits per heavy atom. The van der Waals surface area contributed by atoms with Crippen LogP contribution in [0.2, 0.25) is 0 Å². The number of nitrogens with one attached hydrogen (secondary N) is 1. The molecule has 5 heteroatoms. The molecule has 0 radical (unpaired) electrons. The van der Waals surface area contributed by atoms with Gasteiger partial charge in [0.05, 0.1) is 17.1 Å². The van der Waals surface area contributed by atoms with Gasteiger partial charge in [-0.3, -0.25) is 4.79 Å². The van der Waals surface area contributed by atoms with E-state index in [4.69, 9.17) is 0 Å². The van der Waals surface area contributed by atoms with Gasteiger partial charge in [-0.1, -0.05) is 19.1 Å². The number of hydrogen-bond acceptors (Lipinski definition) is 4. The third-order valence-electron chi connectivity index (χ3n) is 4.51. The van der Waals surface area contributed by atoms with E-state index < -0.39 is 0 Å². The highest BCUT2D eigenvalue weighted by molar-refractivity contribution is 6.04. The first-order valence-electron chi connectivity index (χ1n) is 8.59. The van der Waals surface area contributed by atoms with Crippen molar-refractivity contribution in [3.8, 4) is 0 Å². The molecule has 1 aliphatic heterocycles.